The molecule has 0 unspecified atom stereocenters. The molecule has 152 valence electrons. The molecule has 2 N–H and O–H groups in total. The Morgan fingerprint density at radius 2 is 1.57 bits per heavy atom. The van der Waals surface area contributed by atoms with Gasteiger partial charge in [-0.05, 0) is 29.3 Å². The lowest BCUT2D eigenvalue weighted by Gasteiger charge is -2.19. The number of halogens is 3. The highest BCUT2D eigenvalue weighted by Gasteiger charge is 2.35. The van der Waals surface area contributed by atoms with Gasteiger partial charge in [0.1, 0.15) is 0 Å². The lowest BCUT2D eigenvalue weighted by atomic mass is 9.90. The van der Waals surface area contributed by atoms with Crippen molar-refractivity contribution in [2.24, 2.45) is 0 Å². The predicted octanol–water partition coefficient (Wildman–Crippen LogP) is 5.75. The minimum absolute atomic E-state index is 0.164. The molecule has 0 aliphatic heterocycles. The van der Waals surface area contributed by atoms with Crippen molar-refractivity contribution in [2.45, 2.75) is 12.1 Å². The van der Waals surface area contributed by atoms with Crippen LogP contribution >= 0.6 is 0 Å². The molecule has 1 amide bonds. The summed E-state index contributed by atoms with van der Waals surface area (Å²) in [6, 6.07) is 22.2. The van der Waals surface area contributed by atoms with Crippen LogP contribution in [0.2, 0.25) is 0 Å². The van der Waals surface area contributed by atoms with Gasteiger partial charge in [0.2, 0.25) is 0 Å². The van der Waals surface area contributed by atoms with Crippen molar-refractivity contribution in [3.8, 4) is 0 Å². The molecule has 0 saturated carbocycles. The molecule has 1 atom stereocenters. The Morgan fingerprint density at radius 1 is 0.900 bits per heavy atom. The van der Waals surface area contributed by atoms with Gasteiger partial charge in [-0.15, -0.1) is 0 Å². The van der Waals surface area contributed by atoms with E-state index in [-0.39, 0.29) is 18.0 Å². The van der Waals surface area contributed by atoms with Gasteiger partial charge in [0.05, 0.1) is 11.1 Å². The summed E-state index contributed by atoms with van der Waals surface area (Å²) in [6.07, 6.45) is -2.71. The second-order valence-corrected chi connectivity index (χ2v) is 7.01. The van der Waals surface area contributed by atoms with Crippen LogP contribution in [0.5, 0.6) is 0 Å². The molecule has 30 heavy (non-hydrogen) atoms. The van der Waals surface area contributed by atoms with E-state index in [1.54, 1.807) is 0 Å². The van der Waals surface area contributed by atoms with E-state index in [2.05, 4.69) is 10.3 Å². The molecule has 3 aromatic carbocycles. The quantitative estimate of drug-likeness (QED) is 0.434. The van der Waals surface area contributed by atoms with Crippen LogP contribution in [0, 0.1) is 0 Å². The maximum Gasteiger partial charge on any atom is 0.417 e. The monoisotopic (exact) mass is 408 g/mol. The number of alkyl halides is 3. The van der Waals surface area contributed by atoms with Crippen LogP contribution in [0.3, 0.4) is 0 Å². The minimum atomic E-state index is -4.59. The van der Waals surface area contributed by atoms with Crippen molar-refractivity contribution < 1.29 is 18.0 Å². The van der Waals surface area contributed by atoms with Crippen molar-refractivity contribution in [1.29, 1.82) is 0 Å². The van der Waals surface area contributed by atoms with Gasteiger partial charge >= 0.3 is 6.18 Å². The standard InChI is InChI=1S/C24H19F3N2O/c25-24(26,27)21-12-6-4-11-18(21)23(30)29-14-19(16-8-2-1-3-9-16)20-15-28-22-13-7-5-10-17(20)22/h1-13,15,19,28H,14H2,(H,29,30)/t19-/m0/s1. The smallest absolute Gasteiger partial charge is 0.361 e. The first-order valence-electron chi connectivity index (χ1n) is 9.50. The number of para-hydroxylation sites is 1. The van der Waals surface area contributed by atoms with Crippen molar-refractivity contribution in [1.82, 2.24) is 10.3 Å². The summed E-state index contributed by atoms with van der Waals surface area (Å²) in [7, 11) is 0. The maximum atomic E-state index is 13.3. The fourth-order valence-corrected chi connectivity index (χ4v) is 3.69. The number of nitrogens with one attached hydrogen (secondary N) is 2. The second-order valence-electron chi connectivity index (χ2n) is 7.01. The average molecular weight is 408 g/mol. The first-order chi connectivity index (χ1) is 14.4. The van der Waals surface area contributed by atoms with Gasteiger partial charge in [-0.25, -0.2) is 0 Å². The molecular weight excluding hydrogens is 389 g/mol. The third-order valence-corrected chi connectivity index (χ3v) is 5.14. The van der Waals surface area contributed by atoms with E-state index in [9.17, 15) is 18.0 Å². The number of carbonyl (C=O) groups excluding carboxylic acids is 1. The van der Waals surface area contributed by atoms with E-state index >= 15 is 0 Å². The van der Waals surface area contributed by atoms with E-state index in [1.807, 2.05) is 60.8 Å². The van der Waals surface area contributed by atoms with E-state index < -0.39 is 17.6 Å². The third kappa shape index (κ3) is 3.94. The molecule has 0 fully saturated rings. The van der Waals surface area contributed by atoms with Crippen LogP contribution in [-0.2, 0) is 6.18 Å². The van der Waals surface area contributed by atoms with Gasteiger partial charge in [0, 0.05) is 29.6 Å². The van der Waals surface area contributed by atoms with Gasteiger partial charge in [0.25, 0.3) is 5.91 Å². The van der Waals surface area contributed by atoms with Crippen molar-refractivity contribution in [3.63, 3.8) is 0 Å². The zero-order valence-corrected chi connectivity index (χ0v) is 15.9. The van der Waals surface area contributed by atoms with Crippen LogP contribution in [0.15, 0.2) is 85.1 Å². The van der Waals surface area contributed by atoms with Gasteiger partial charge in [-0.3, -0.25) is 4.79 Å². The zero-order valence-electron chi connectivity index (χ0n) is 15.9. The molecule has 6 heteroatoms. The Morgan fingerprint density at radius 3 is 2.33 bits per heavy atom. The fraction of sp³-hybridized carbons (Fsp3) is 0.125. The van der Waals surface area contributed by atoms with Crippen molar-refractivity contribution in [2.75, 3.05) is 6.54 Å². The lowest BCUT2D eigenvalue weighted by molar-refractivity contribution is -0.137. The maximum absolute atomic E-state index is 13.3. The van der Waals surface area contributed by atoms with Crippen LogP contribution in [0.1, 0.15) is 33.0 Å². The Labute approximate surface area is 171 Å². The number of rotatable bonds is 5. The summed E-state index contributed by atoms with van der Waals surface area (Å²) in [4.78, 5) is 15.9. The molecule has 4 rings (SSSR count). The van der Waals surface area contributed by atoms with E-state index in [4.69, 9.17) is 0 Å². The molecule has 0 saturated heterocycles. The number of hydrogen-bond donors (Lipinski definition) is 2. The average Bonchev–Trinajstić information content (AvgIpc) is 3.18. The van der Waals surface area contributed by atoms with E-state index in [1.165, 1.54) is 18.2 Å². The largest absolute Gasteiger partial charge is 0.417 e. The highest BCUT2D eigenvalue weighted by atomic mass is 19.4. The minimum Gasteiger partial charge on any atom is -0.361 e. The van der Waals surface area contributed by atoms with Gasteiger partial charge in [0.15, 0.2) is 0 Å². The molecule has 4 aromatic rings. The van der Waals surface area contributed by atoms with Crippen LogP contribution < -0.4 is 5.32 Å². The Balaban J connectivity index is 1.65. The number of hydrogen-bond acceptors (Lipinski definition) is 1. The van der Waals surface area contributed by atoms with Crippen LogP contribution in [-0.4, -0.2) is 17.4 Å². The normalized spacial score (nSPS) is 12.6. The number of aromatic amines is 1. The molecule has 0 radical (unpaired) electrons. The number of amides is 1. The zero-order chi connectivity index (χ0) is 21.1. The number of benzene rings is 3. The summed E-state index contributed by atoms with van der Waals surface area (Å²) < 4.78 is 39.9. The van der Waals surface area contributed by atoms with Crippen LogP contribution in [0.4, 0.5) is 13.2 Å². The number of carbonyl (C=O) groups is 1. The Bertz CT molecular complexity index is 1170. The summed E-state index contributed by atoms with van der Waals surface area (Å²) in [5.41, 5.74) is 1.58. The summed E-state index contributed by atoms with van der Waals surface area (Å²) >= 11 is 0. The van der Waals surface area contributed by atoms with Crippen LogP contribution in [0.25, 0.3) is 10.9 Å². The molecule has 1 aromatic heterocycles. The summed E-state index contributed by atoms with van der Waals surface area (Å²) in [5, 5.41) is 3.72. The lowest BCUT2D eigenvalue weighted by Crippen LogP contribution is -2.30. The molecule has 1 heterocycles. The third-order valence-electron chi connectivity index (χ3n) is 5.14. The van der Waals surface area contributed by atoms with Crippen molar-refractivity contribution >= 4 is 16.8 Å². The highest BCUT2D eigenvalue weighted by Crippen LogP contribution is 2.33. The number of fused-ring (bicyclic) bond motifs is 1. The summed E-state index contributed by atoms with van der Waals surface area (Å²) in [5.74, 6) is -0.965. The first-order valence-corrected chi connectivity index (χ1v) is 9.50. The topological polar surface area (TPSA) is 44.9 Å². The van der Waals surface area contributed by atoms with E-state index in [0.717, 1.165) is 28.1 Å². The SMILES string of the molecule is O=C(NC[C@@H](c1ccccc1)c1c[nH]c2ccccc12)c1ccccc1C(F)(F)F. The first kappa shape index (κ1) is 19.8. The summed E-state index contributed by atoms with van der Waals surface area (Å²) in [6.45, 7) is 0.164. The van der Waals surface area contributed by atoms with Crippen molar-refractivity contribution in [3.05, 3.63) is 107 Å². The number of aromatic nitrogens is 1. The van der Waals surface area contributed by atoms with Gasteiger partial charge < -0.3 is 10.3 Å². The molecule has 0 spiro atoms. The van der Waals surface area contributed by atoms with Gasteiger partial charge in [-0.2, -0.15) is 13.2 Å². The second kappa shape index (κ2) is 8.06. The molecular formula is C24H19F3N2O. The molecule has 3 nitrogen and oxygen atoms in total. The van der Waals surface area contributed by atoms with E-state index in [0.29, 0.717) is 0 Å². The Kier molecular flexibility index (Phi) is 5.31. The molecule has 0 aliphatic rings. The predicted molar refractivity (Wildman–Crippen MR) is 110 cm³/mol. The molecule has 0 bridgehead atoms. The molecule has 0 aliphatic carbocycles. The number of H-pyrrole nitrogens is 1. The Hall–Kier alpha value is -3.54. The van der Waals surface area contributed by atoms with Gasteiger partial charge in [-0.1, -0.05) is 60.7 Å². The highest BCUT2D eigenvalue weighted by molar-refractivity contribution is 5.96. The fourth-order valence-electron chi connectivity index (χ4n) is 3.69.